The van der Waals surface area contributed by atoms with E-state index < -0.39 is 17.7 Å². The zero-order valence-corrected chi connectivity index (χ0v) is 21.1. The summed E-state index contributed by atoms with van der Waals surface area (Å²) in [5, 5.41) is 11.8. The molecule has 0 bridgehead atoms. The molecule has 3 aromatic carbocycles. The van der Waals surface area contributed by atoms with E-state index in [-0.39, 0.29) is 11.3 Å². The molecule has 1 unspecified atom stereocenters. The normalized spacial score (nSPS) is 17.2. The van der Waals surface area contributed by atoms with Crippen molar-refractivity contribution >= 4 is 44.1 Å². The Labute approximate surface area is 213 Å². The van der Waals surface area contributed by atoms with Gasteiger partial charge in [-0.3, -0.25) is 14.5 Å². The lowest BCUT2D eigenvalue weighted by molar-refractivity contribution is -0.132. The highest BCUT2D eigenvalue weighted by atomic mass is 32.1. The number of ether oxygens (including phenoxy) is 1. The lowest BCUT2D eigenvalue weighted by atomic mass is 9.94. The molecule has 7 heteroatoms. The van der Waals surface area contributed by atoms with Gasteiger partial charge in [-0.2, -0.15) is 0 Å². The third kappa shape index (κ3) is 4.16. The average molecular weight is 499 g/mol. The number of thiazole rings is 1. The van der Waals surface area contributed by atoms with Gasteiger partial charge in [0.2, 0.25) is 0 Å². The van der Waals surface area contributed by atoms with Crippen molar-refractivity contribution in [1.29, 1.82) is 0 Å². The van der Waals surface area contributed by atoms with E-state index in [0.29, 0.717) is 23.1 Å². The van der Waals surface area contributed by atoms with Crippen LogP contribution in [-0.2, 0) is 16.0 Å². The molecule has 4 aromatic rings. The Bertz CT molecular complexity index is 1500. The number of carbonyl (C=O) groups excluding carboxylic acids is 2. The van der Waals surface area contributed by atoms with E-state index in [2.05, 4.69) is 11.9 Å². The van der Waals surface area contributed by atoms with Crippen molar-refractivity contribution in [2.45, 2.75) is 33.2 Å². The van der Waals surface area contributed by atoms with E-state index in [1.54, 1.807) is 24.3 Å². The van der Waals surface area contributed by atoms with E-state index in [1.165, 1.54) is 16.2 Å². The highest BCUT2D eigenvalue weighted by Crippen LogP contribution is 2.44. The topological polar surface area (TPSA) is 79.7 Å². The molecule has 0 saturated carbocycles. The number of fused-ring (bicyclic) bond motifs is 1. The van der Waals surface area contributed by atoms with Gasteiger partial charge in [-0.1, -0.05) is 60.7 Å². The predicted octanol–water partition coefficient (Wildman–Crippen LogP) is 6.19. The number of amides is 1. The molecule has 1 saturated heterocycles. The minimum absolute atomic E-state index is 0.0355. The van der Waals surface area contributed by atoms with Crippen LogP contribution < -0.4 is 9.64 Å². The van der Waals surface area contributed by atoms with Crippen LogP contribution in [0.5, 0.6) is 5.75 Å². The van der Waals surface area contributed by atoms with Crippen LogP contribution in [0, 0.1) is 6.92 Å². The zero-order chi connectivity index (χ0) is 25.4. The van der Waals surface area contributed by atoms with E-state index in [9.17, 15) is 14.7 Å². The maximum Gasteiger partial charge on any atom is 0.301 e. The van der Waals surface area contributed by atoms with Crippen molar-refractivity contribution < 1.29 is 19.4 Å². The first-order chi connectivity index (χ1) is 17.4. The molecule has 0 radical (unpaired) electrons. The molecule has 5 rings (SSSR count). The smallest absolute Gasteiger partial charge is 0.301 e. The summed E-state index contributed by atoms with van der Waals surface area (Å²) in [6, 6.07) is 19.7. The second-order valence-corrected chi connectivity index (χ2v) is 9.70. The van der Waals surface area contributed by atoms with Crippen LogP contribution in [0.25, 0.3) is 16.0 Å². The van der Waals surface area contributed by atoms with Gasteiger partial charge in [0, 0.05) is 5.56 Å². The van der Waals surface area contributed by atoms with Crippen molar-refractivity contribution in [3.05, 3.63) is 94.6 Å². The number of nitrogens with zero attached hydrogens (tertiary/aromatic N) is 2. The number of hydrogen-bond acceptors (Lipinski definition) is 6. The second-order valence-electron chi connectivity index (χ2n) is 8.69. The first-order valence-electron chi connectivity index (χ1n) is 11.9. The van der Waals surface area contributed by atoms with Crippen LogP contribution in [0.3, 0.4) is 0 Å². The minimum Gasteiger partial charge on any atom is -0.507 e. The van der Waals surface area contributed by atoms with Crippen molar-refractivity contribution in [2.75, 3.05) is 11.5 Å². The molecule has 0 aliphatic carbocycles. The van der Waals surface area contributed by atoms with Crippen molar-refractivity contribution in [3.63, 3.8) is 0 Å². The molecule has 36 heavy (non-hydrogen) atoms. The molecular weight excluding hydrogens is 472 g/mol. The van der Waals surface area contributed by atoms with Crippen LogP contribution in [0.1, 0.15) is 42.1 Å². The van der Waals surface area contributed by atoms with E-state index in [0.717, 1.165) is 33.3 Å². The summed E-state index contributed by atoms with van der Waals surface area (Å²) in [5.41, 5.74) is 4.15. The van der Waals surface area contributed by atoms with Crippen LogP contribution in [-0.4, -0.2) is 28.4 Å². The third-order valence-corrected chi connectivity index (χ3v) is 7.32. The fraction of sp³-hybridized carbons (Fsp3) is 0.207. The van der Waals surface area contributed by atoms with Crippen molar-refractivity contribution in [2.24, 2.45) is 0 Å². The number of carbonyl (C=O) groups is 2. The summed E-state index contributed by atoms with van der Waals surface area (Å²) in [5.74, 6) is -1.12. The van der Waals surface area contributed by atoms with Gasteiger partial charge in [0.1, 0.15) is 11.5 Å². The third-order valence-electron chi connectivity index (χ3n) is 6.31. The number of hydrogen-bond donors (Lipinski definition) is 1. The Kier molecular flexibility index (Phi) is 6.33. The summed E-state index contributed by atoms with van der Waals surface area (Å²) in [4.78, 5) is 33.0. The molecular formula is C29H26N2O4S. The number of ketones is 1. The Hall–Kier alpha value is -3.97. The minimum atomic E-state index is -0.812. The summed E-state index contributed by atoms with van der Waals surface area (Å²) in [6.45, 7) is 6.40. The summed E-state index contributed by atoms with van der Waals surface area (Å²) in [6.07, 6.45) is 0.863. The van der Waals surface area contributed by atoms with Crippen LogP contribution >= 0.6 is 11.3 Å². The molecule has 2 heterocycles. The molecule has 1 N–H and O–H groups in total. The van der Waals surface area contributed by atoms with Crippen LogP contribution in [0.4, 0.5) is 5.13 Å². The van der Waals surface area contributed by atoms with Gasteiger partial charge in [0.25, 0.3) is 5.78 Å². The molecule has 1 fully saturated rings. The number of aliphatic hydroxyl groups excluding tert-OH is 1. The molecule has 6 nitrogen and oxygen atoms in total. The molecule has 182 valence electrons. The number of anilines is 1. The van der Waals surface area contributed by atoms with Crippen LogP contribution in [0.2, 0.25) is 0 Å². The first kappa shape index (κ1) is 23.8. The highest BCUT2D eigenvalue weighted by Gasteiger charge is 2.48. The van der Waals surface area contributed by atoms with E-state index >= 15 is 0 Å². The standard InChI is InChI=1S/C29H26N2O4S/c1-4-18-10-12-19(13-11-18)25-24(26(32)20-7-6-8-21(16-20)35-5-2)27(33)28(34)31(25)29-30-22-14-9-17(3)15-23(22)36-29/h6-16,25,32H,4-5H2,1-3H3/b26-24+. The molecule has 0 spiro atoms. The average Bonchev–Trinajstić information content (AvgIpc) is 3.41. The maximum absolute atomic E-state index is 13.4. The highest BCUT2D eigenvalue weighted by molar-refractivity contribution is 7.22. The number of aryl methyl sites for hydroxylation is 2. The number of rotatable bonds is 6. The van der Waals surface area contributed by atoms with Crippen LogP contribution in [0.15, 0.2) is 72.3 Å². The van der Waals surface area contributed by atoms with Gasteiger partial charge in [-0.15, -0.1) is 0 Å². The fourth-order valence-electron chi connectivity index (χ4n) is 4.46. The molecule has 1 aromatic heterocycles. The Morgan fingerprint density at radius 2 is 1.83 bits per heavy atom. The largest absolute Gasteiger partial charge is 0.507 e. The quantitative estimate of drug-likeness (QED) is 0.195. The molecule has 1 aliphatic rings. The number of benzene rings is 3. The number of aromatic nitrogens is 1. The SMILES string of the molecule is CCOc1cccc(/C(O)=C2\C(=O)C(=O)N(c3nc4ccc(C)cc4s3)C2c2ccc(CC)cc2)c1. The van der Waals surface area contributed by atoms with Gasteiger partial charge in [-0.25, -0.2) is 4.98 Å². The van der Waals surface area contributed by atoms with Gasteiger partial charge in [0.15, 0.2) is 5.13 Å². The predicted molar refractivity (Wildman–Crippen MR) is 143 cm³/mol. The number of aliphatic hydroxyl groups is 1. The maximum atomic E-state index is 13.4. The summed E-state index contributed by atoms with van der Waals surface area (Å²) < 4.78 is 6.50. The zero-order valence-electron chi connectivity index (χ0n) is 20.3. The van der Waals surface area contributed by atoms with Crippen molar-refractivity contribution in [1.82, 2.24) is 4.98 Å². The summed E-state index contributed by atoms with van der Waals surface area (Å²) in [7, 11) is 0. The van der Waals surface area contributed by atoms with E-state index in [4.69, 9.17) is 4.74 Å². The molecule has 1 atom stereocenters. The van der Waals surface area contributed by atoms with Crippen molar-refractivity contribution in [3.8, 4) is 5.75 Å². The Morgan fingerprint density at radius 1 is 1.06 bits per heavy atom. The summed E-state index contributed by atoms with van der Waals surface area (Å²) >= 11 is 1.36. The lowest BCUT2D eigenvalue weighted by Crippen LogP contribution is -2.29. The van der Waals surface area contributed by atoms with Gasteiger partial charge in [0.05, 0.1) is 28.4 Å². The molecule has 1 amide bonds. The van der Waals surface area contributed by atoms with Gasteiger partial charge in [-0.05, 0) is 61.2 Å². The Morgan fingerprint density at radius 3 is 2.56 bits per heavy atom. The first-order valence-corrected chi connectivity index (χ1v) is 12.7. The second kappa shape index (κ2) is 9.59. The van der Waals surface area contributed by atoms with Gasteiger partial charge < -0.3 is 9.84 Å². The van der Waals surface area contributed by atoms with Gasteiger partial charge >= 0.3 is 5.91 Å². The monoisotopic (exact) mass is 498 g/mol. The molecule has 1 aliphatic heterocycles. The Balaban J connectivity index is 1.70. The lowest BCUT2D eigenvalue weighted by Gasteiger charge is -2.23. The van der Waals surface area contributed by atoms with E-state index in [1.807, 2.05) is 56.3 Å². The number of Topliss-reactive ketones (excluding diaryl/α,β-unsaturated/α-hetero) is 1. The fourth-order valence-corrected chi connectivity index (χ4v) is 5.55.